The van der Waals surface area contributed by atoms with Crippen LogP contribution in [0.5, 0.6) is 0 Å². The van der Waals surface area contributed by atoms with E-state index in [1.165, 1.54) is 17.3 Å². The van der Waals surface area contributed by atoms with Crippen LogP contribution in [-0.4, -0.2) is 16.8 Å². The zero-order chi connectivity index (χ0) is 9.84. The van der Waals surface area contributed by atoms with Gasteiger partial charge in [-0.15, -0.1) is 11.8 Å². The maximum absolute atomic E-state index is 10.3. The number of aliphatic carboxylic acids is 1. The predicted molar refractivity (Wildman–Crippen MR) is 54.3 cm³/mol. The molecule has 1 N–H and O–H groups in total. The molecule has 0 aromatic heterocycles. The lowest BCUT2D eigenvalue weighted by molar-refractivity contribution is -0.133. The van der Waals surface area contributed by atoms with Crippen molar-refractivity contribution >= 4 is 17.7 Å². The summed E-state index contributed by atoms with van der Waals surface area (Å²) < 4.78 is 0. The Morgan fingerprint density at radius 2 is 2.15 bits per heavy atom. The third-order valence-corrected chi connectivity index (χ3v) is 2.84. The molecule has 70 valence electrons. The van der Waals surface area contributed by atoms with Gasteiger partial charge in [0.15, 0.2) is 0 Å². The van der Waals surface area contributed by atoms with Crippen molar-refractivity contribution in [2.24, 2.45) is 0 Å². The molecule has 0 saturated carbocycles. The van der Waals surface area contributed by atoms with Gasteiger partial charge in [-0.25, -0.2) is 0 Å². The van der Waals surface area contributed by atoms with Crippen LogP contribution in [0.4, 0.5) is 0 Å². The predicted octanol–water partition coefficient (Wildman–Crippen LogP) is 2.48. The van der Waals surface area contributed by atoms with Gasteiger partial charge in [0.05, 0.1) is 5.75 Å². The van der Waals surface area contributed by atoms with Crippen LogP contribution >= 0.6 is 11.8 Å². The Morgan fingerprint density at radius 3 is 2.69 bits per heavy atom. The molecule has 0 radical (unpaired) electrons. The number of aryl methyl sites for hydroxylation is 2. The van der Waals surface area contributed by atoms with E-state index in [0.717, 1.165) is 10.5 Å². The van der Waals surface area contributed by atoms with Crippen molar-refractivity contribution in [3.05, 3.63) is 29.3 Å². The number of carboxylic acid groups (broad SMARTS) is 1. The second-order valence-electron chi connectivity index (χ2n) is 2.95. The molecule has 1 aromatic rings. The number of carbonyl (C=O) groups is 1. The molecule has 0 bridgehead atoms. The van der Waals surface area contributed by atoms with Crippen LogP contribution < -0.4 is 0 Å². The third-order valence-electron chi connectivity index (χ3n) is 1.68. The van der Waals surface area contributed by atoms with Crippen molar-refractivity contribution in [2.75, 3.05) is 5.75 Å². The molecule has 0 aliphatic heterocycles. The number of carboxylic acids is 1. The van der Waals surface area contributed by atoms with E-state index >= 15 is 0 Å². The normalized spacial score (nSPS) is 10.0. The minimum Gasteiger partial charge on any atom is -0.481 e. The van der Waals surface area contributed by atoms with Crippen LogP contribution in [0.1, 0.15) is 11.1 Å². The molecule has 0 fully saturated rings. The van der Waals surface area contributed by atoms with Gasteiger partial charge in [0.25, 0.3) is 0 Å². The zero-order valence-electron chi connectivity index (χ0n) is 7.70. The highest BCUT2D eigenvalue weighted by Crippen LogP contribution is 2.22. The first kappa shape index (κ1) is 10.1. The molecule has 1 aromatic carbocycles. The summed E-state index contributed by atoms with van der Waals surface area (Å²) in [4.78, 5) is 11.4. The maximum Gasteiger partial charge on any atom is 0.313 e. The fourth-order valence-corrected chi connectivity index (χ4v) is 1.83. The van der Waals surface area contributed by atoms with E-state index in [-0.39, 0.29) is 5.75 Å². The van der Waals surface area contributed by atoms with Gasteiger partial charge in [-0.3, -0.25) is 4.79 Å². The summed E-state index contributed by atoms with van der Waals surface area (Å²) in [6, 6.07) is 6.03. The summed E-state index contributed by atoms with van der Waals surface area (Å²) in [6.45, 7) is 4.02. The minimum atomic E-state index is -0.773. The molecule has 0 amide bonds. The average Bonchev–Trinajstić information content (AvgIpc) is 2.02. The van der Waals surface area contributed by atoms with Crippen LogP contribution in [0.15, 0.2) is 23.1 Å². The highest BCUT2D eigenvalue weighted by atomic mass is 32.2. The molecule has 2 nitrogen and oxygen atoms in total. The Bertz CT molecular complexity index is 321. The second-order valence-corrected chi connectivity index (χ2v) is 3.97. The maximum atomic E-state index is 10.3. The van der Waals surface area contributed by atoms with Gasteiger partial charge in [-0.05, 0) is 25.5 Å². The number of benzene rings is 1. The van der Waals surface area contributed by atoms with Crippen molar-refractivity contribution < 1.29 is 9.90 Å². The monoisotopic (exact) mass is 196 g/mol. The molecule has 0 saturated heterocycles. The van der Waals surface area contributed by atoms with E-state index in [9.17, 15) is 4.79 Å². The van der Waals surface area contributed by atoms with Gasteiger partial charge in [-0.1, -0.05) is 17.7 Å². The van der Waals surface area contributed by atoms with E-state index < -0.39 is 5.97 Å². The van der Waals surface area contributed by atoms with E-state index in [4.69, 9.17) is 5.11 Å². The smallest absolute Gasteiger partial charge is 0.313 e. The highest BCUT2D eigenvalue weighted by Gasteiger charge is 2.02. The summed E-state index contributed by atoms with van der Waals surface area (Å²) in [5, 5.41) is 8.50. The summed E-state index contributed by atoms with van der Waals surface area (Å²) >= 11 is 1.36. The fraction of sp³-hybridized carbons (Fsp3) is 0.300. The molecule has 1 rings (SSSR count). The summed E-state index contributed by atoms with van der Waals surface area (Å²) in [6.07, 6.45) is 0. The van der Waals surface area contributed by atoms with Crippen molar-refractivity contribution in [3.63, 3.8) is 0 Å². The Balaban J connectivity index is 2.72. The minimum absolute atomic E-state index is 0.129. The molecule has 0 unspecified atom stereocenters. The quantitative estimate of drug-likeness (QED) is 0.755. The Morgan fingerprint density at radius 1 is 1.46 bits per heavy atom. The van der Waals surface area contributed by atoms with Gasteiger partial charge in [0, 0.05) is 4.90 Å². The van der Waals surface area contributed by atoms with Gasteiger partial charge in [0.1, 0.15) is 0 Å². The first-order chi connectivity index (χ1) is 6.09. The zero-order valence-corrected chi connectivity index (χ0v) is 8.52. The molecule has 13 heavy (non-hydrogen) atoms. The molecule has 0 atom stereocenters. The number of hydrogen-bond donors (Lipinski definition) is 1. The first-order valence-corrected chi connectivity index (χ1v) is 5.00. The molecule has 3 heteroatoms. The SMILES string of the molecule is Cc1ccc(SCC(=O)O)c(C)c1. The van der Waals surface area contributed by atoms with Crippen molar-refractivity contribution in [1.82, 2.24) is 0 Å². The van der Waals surface area contributed by atoms with Crippen LogP contribution in [0.25, 0.3) is 0 Å². The number of thioether (sulfide) groups is 1. The molecule has 0 aliphatic rings. The fourth-order valence-electron chi connectivity index (χ4n) is 1.10. The molecular weight excluding hydrogens is 184 g/mol. The number of rotatable bonds is 3. The summed E-state index contributed by atoms with van der Waals surface area (Å²) in [5.74, 6) is -0.644. The Kier molecular flexibility index (Phi) is 3.37. The molecular formula is C10H12O2S. The molecule has 0 heterocycles. The van der Waals surface area contributed by atoms with Crippen LogP contribution in [0.2, 0.25) is 0 Å². The molecule has 0 aliphatic carbocycles. The molecule has 0 spiro atoms. The standard InChI is InChI=1S/C10H12O2S/c1-7-3-4-9(8(2)5-7)13-6-10(11)12/h3-5H,6H2,1-2H3,(H,11,12). The van der Waals surface area contributed by atoms with Gasteiger partial charge >= 0.3 is 5.97 Å². The van der Waals surface area contributed by atoms with Crippen molar-refractivity contribution in [2.45, 2.75) is 18.7 Å². The number of hydrogen-bond acceptors (Lipinski definition) is 2. The third kappa shape index (κ3) is 3.11. The van der Waals surface area contributed by atoms with Crippen molar-refractivity contribution in [1.29, 1.82) is 0 Å². The van der Waals surface area contributed by atoms with E-state index in [0.29, 0.717) is 0 Å². The topological polar surface area (TPSA) is 37.3 Å². The van der Waals surface area contributed by atoms with E-state index in [2.05, 4.69) is 6.07 Å². The van der Waals surface area contributed by atoms with Crippen LogP contribution in [-0.2, 0) is 4.79 Å². The van der Waals surface area contributed by atoms with Crippen LogP contribution in [0.3, 0.4) is 0 Å². The summed E-state index contributed by atoms with van der Waals surface area (Å²) in [7, 11) is 0. The first-order valence-electron chi connectivity index (χ1n) is 4.01. The largest absolute Gasteiger partial charge is 0.481 e. The van der Waals surface area contributed by atoms with E-state index in [1.807, 2.05) is 26.0 Å². The Labute approximate surface area is 82.0 Å². The second kappa shape index (κ2) is 4.33. The highest BCUT2D eigenvalue weighted by molar-refractivity contribution is 8.00. The lowest BCUT2D eigenvalue weighted by atomic mass is 10.2. The Hall–Kier alpha value is -0.960. The van der Waals surface area contributed by atoms with Gasteiger partial charge < -0.3 is 5.11 Å². The van der Waals surface area contributed by atoms with E-state index in [1.54, 1.807) is 0 Å². The lowest BCUT2D eigenvalue weighted by Crippen LogP contribution is -1.97. The average molecular weight is 196 g/mol. The van der Waals surface area contributed by atoms with Crippen LogP contribution in [0, 0.1) is 13.8 Å². The lowest BCUT2D eigenvalue weighted by Gasteiger charge is -2.03. The van der Waals surface area contributed by atoms with Gasteiger partial charge in [-0.2, -0.15) is 0 Å². The summed E-state index contributed by atoms with van der Waals surface area (Å²) in [5.41, 5.74) is 2.35. The van der Waals surface area contributed by atoms with Gasteiger partial charge in [0.2, 0.25) is 0 Å². The van der Waals surface area contributed by atoms with Crippen molar-refractivity contribution in [3.8, 4) is 0 Å².